The molecule has 0 N–H and O–H groups in total. The first-order valence-electron chi connectivity index (χ1n) is 15.4. The van der Waals surface area contributed by atoms with Crippen LogP contribution in [0.2, 0.25) is 0 Å². The lowest BCUT2D eigenvalue weighted by atomic mass is 9.89. The quantitative estimate of drug-likeness (QED) is 0.189. The Morgan fingerprint density at radius 1 is 0.477 bits per heavy atom. The van der Waals surface area contributed by atoms with Crippen molar-refractivity contribution in [3.63, 3.8) is 0 Å². The fourth-order valence-corrected chi connectivity index (χ4v) is 7.39. The first kappa shape index (κ1) is 24.9. The molecule has 9 aromatic rings. The smallest absolute Gasteiger partial charge is 0.0571 e. The molecule has 0 atom stereocenters. The molecule has 0 fully saturated rings. The third kappa shape index (κ3) is 3.61. The van der Waals surface area contributed by atoms with Gasteiger partial charge in [-0.05, 0) is 93.5 Å². The Labute approximate surface area is 256 Å². The molecule has 0 saturated heterocycles. The zero-order valence-electron chi connectivity index (χ0n) is 24.5. The molecule has 0 aliphatic carbocycles. The number of para-hydroxylation sites is 3. The van der Waals surface area contributed by atoms with Gasteiger partial charge in [0, 0.05) is 45.3 Å². The van der Waals surface area contributed by atoms with Crippen molar-refractivity contribution in [3.8, 4) is 11.1 Å². The van der Waals surface area contributed by atoms with Crippen molar-refractivity contribution < 1.29 is 0 Å². The van der Waals surface area contributed by atoms with E-state index in [1.165, 1.54) is 65.3 Å². The fourth-order valence-electron chi connectivity index (χ4n) is 7.39. The molecule has 9 rings (SSSR count). The summed E-state index contributed by atoms with van der Waals surface area (Å²) in [5.74, 6) is 0. The Kier molecular flexibility index (Phi) is 5.51. The number of benzene rings is 8. The van der Waals surface area contributed by atoms with E-state index in [2.05, 4.69) is 168 Å². The minimum absolute atomic E-state index is 0.939. The molecular weight excluding hydrogens is 532 g/mol. The van der Waals surface area contributed by atoms with Crippen molar-refractivity contribution in [1.82, 2.24) is 4.57 Å². The molecule has 0 radical (unpaired) electrons. The van der Waals surface area contributed by atoms with E-state index in [9.17, 15) is 0 Å². The first-order valence-corrected chi connectivity index (χ1v) is 15.4. The lowest BCUT2D eigenvalue weighted by molar-refractivity contribution is 0.829. The number of anilines is 3. The zero-order valence-corrected chi connectivity index (χ0v) is 24.5. The van der Waals surface area contributed by atoms with Crippen LogP contribution in [0.25, 0.3) is 65.3 Å². The van der Waals surface area contributed by atoms with E-state index in [1.807, 2.05) is 0 Å². The van der Waals surface area contributed by atoms with E-state index >= 15 is 0 Å². The lowest BCUT2D eigenvalue weighted by Gasteiger charge is -2.25. The van der Waals surface area contributed by atoms with Gasteiger partial charge in [0.15, 0.2) is 0 Å². The van der Waals surface area contributed by atoms with Crippen LogP contribution in [0, 0.1) is 0 Å². The van der Waals surface area contributed by atoms with Crippen LogP contribution in [0.3, 0.4) is 0 Å². The summed E-state index contributed by atoms with van der Waals surface area (Å²) in [5, 5.41) is 10.6. The number of aryl methyl sites for hydroxylation is 1. The molecule has 0 aliphatic rings. The van der Waals surface area contributed by atoms with E-state index in [-0.39, 0.29) is 0 Å². The van der Waals surface area contributed by atoms with Crippen molar-refractivity contribution >= 4 is 71.2 Å². The van der Waals surface area contributed by atoms with Crippen LogP contribution >= 0.6 is 0 Å². The molecule has 0 saturated carbocycles. The molecule has 0 bridgehead atoms. The van der Waals surface area contributed by atoms with Crippen LogP contribution in [-0.2, 0) is 6.54 Å². The maximum absolute atomic E-state index is 2.49. The van der Waals surface area contributed by atoms with Crippen LogP contribution in [-0.4, -0.2) is 4.57 Å². The van der Waals surface area contributed by atoms with E-state index in [4.69, 9.17) is 0 Å². The number of hydrogen-bond donors (Lipinski definition) is 0. The highest BCUT2D eigenvalue weighted by Crippen LogP contribution is 2.44. The molecule has 0 spiro atoms. The van der Waals surface area contributed by atoms with Crippen molar-refractivity contribution in [3.05, 3.63) is 152 Å². The first-order chi connectivity index (χ1) is 21.8. The van der Waals surface area contributed by atoms with Crippen LogP contribution in [0.5, 0.6) is 0 Å². The van der Waals surface area contributed by atoms with Gasteiger partial charge in [0.05, 0.1) is 5.52 Å². The molecule has 0 amide bonds. The van der Waals surface area contributed by atoms with Crippen LogP contribution in [0.15, 0.2) is 152 Å². The number of hydrogen-bond acceptors (Lipinski definition) is 1. The number of fused-ring (bicyclic) bond motifs is 4. The zero-order chi connectivity index (χ0) is 29.2. The largest absolute Gasteiger partial charge is 0.340 e. The van der Waals surface area contributed by atoms with Crippen molar-refractivity contribution in [2.75, 3.05) is 4.90 Å². The van der Waals surface area contributed by atoms with Crippen molar-refractivity contribution in [1.29, 1.82) is 0 Å². The second-order valence-electron chi connectivity index (χ2n) is 11.6. The Bertz CT molecular complexity index is 2410. The molecule has 2 heteroatoms. The predicted octanol–water partition coefficient (Wildman–Crippen LogP) is 11.8. The Balaban J connectivity index is 1.24. The molecule has 8 aromatic carbocycles. The number of rotatable bonds is 5. The number of nitrogens with zero attached hydrogens (tertiary/aromatic N) is 2. The van der Waals surface area contributed by atoms with E-state index in [1.54, 1.807) is 0 Å². The van der Waals surface area contributed by atoms with Crippen molar-refractivity contribution in [2.24, 2.45) is 0 Å². The molecule has 44 heavy (non-hydrogen) atoms. The van der Waals surface area contributed by atoms with Crippen LogP contribution in [0.1, 0.15) is 6.92 Å². The van der Waals surface area contributed by atoms with Crippen LogP contribution < -0.4 is 4.90 Å². The highest BCUT2D eigenvalue weighted by molar-refractivity contribution is 6.32. The normalized spacial score (nSPS) is 11.8. The second kappa shape index (κ2) is 9.72. The summed E-state index contributed by atoms with van der Waals surface area (Å²) in [6.07, 6.45) is 0. The molecule has 2 nitrogen and oxygen atoms in total. The Morgan fingerprint density at radius 3 is 1.80 bits per heavy atom. The molecule has 1 aromatic heterocycles. The molecule has 0 unspecified atom stereocenters. The summed E-state index contributed by atoms with van der Waals surface area (Å²) in [6, 6.07) is 55.3. The predicted molar refractivity (Wildman–Crippen MR) is 189 cm³/mol. The van der Waals surface area contributed by atoms with Gasteiger partial charge in [0.2, 0.25) is 0 Å². The Hall–Kier alpha value is -5.60. The van der Waals surface area contributed by atoms with Gasteiger partial charge in [-0.2, -0.15) is 0 Å². The summed E-state index contributed by atoms with van der Waals surface area (Å²) in [6.45, 7) is 3.19. The minimum Gasteiger partial charge on any atom is -0.340 e. The average molecular weight is 563 g/mol. The van der Waals surface area contributed by atoms with E-state index in [0.29, 0.717) is 0 Å². The van der Waals surface area contributed by atoms with E-state index < -0.39 is 0 Å². The van der Waals surface area contributed by atoms with Crippen molar-refractivity contribution in [2.45, 2.75) is 13.5 Å². The monoisotopic (exact) mass is 562 g/mol. The maximum atomic E-state index is 2.49. The standard InChI is InChI=1S/C42H30N2/c1-2-43-39-16-10-9-15-35(39)38-27-30-18-17-29-21-24-34(36-25-26-37(42(38)43)41(30)40(29)36)28-19-22-33(23-20-28)44(31-11-5-3-6-12-31)32-13-7-4-8-14-32/h3-27H,2H2,1H3. The third-order valence-corrected chi connectivity index (χ3v) is 9.29. The molecule has 0 aliphatic heterocycles. The van der Waals surface area contributed by atoms with Gasteiger partial charge in [-0.3, -0.25) is 0 Å². The third-order valence-electron chi connectivity index (χ3n) is 9.29. The SMILES string of the molecule is CCn1c2ccccc2c2cc3ccc4ccc(-c5ccc(N(c6ccccc6)c6ccccc6)cc5)c5ccc(c3c45)c21. The van der Waals surface area contributed by atoms with Gasteiger partial charge in [-0.15, -0.1) is 0 Å². The fraction of sp³-hybridized carbons (Fsp3) is 0.0476. The van der Waals surface area contributed by atoms with Crippen LogP contribution in [0.4, 0.5) is 17.1 Å². The summed E-state index contributed by atoms with van der Waals surface area (Å²) >= 11 is 0. The molecular formula is C42H30N2. The Morgan fingerprint density at radius 2 is 1.07 bits per heavy atom. The second-order valence-corrected chi connectivity index (χ2v) is 11.6. The van der Waals surface area contributed by atoms with Gasteiger partial charge >= 0.3 is 0 Å². The lowest BCUT2D eigenvalue weighted by Crippen LogP contribution is -2.09. The van der Waals surface area contributed by atoms with Gasteiger partial charge in [-0.1, -0.05) is 103 Å². The summed E-state index contributed by atoms with van der Waals surface area (Å²) in [4.78, 5) is 2.31. The summed E-state index contributed by atoms with van der Waals surface area (Å²) in [7, 11) is 0. The van der Waals surface area contributed by atoms with E-state index in [0.717, 1.165) is 23.6 Å². The highest BCUT2D eigenvalue weighted by Gasteiger charge is 2.19. The summed E-state index contributed by atoms with van der Waals surface area (Å²) in [5.41, 5.74) is 8.56. The molecule has 1 heterocycles. The number of aromatic nitrogens is 1. The van der Waals surface area contributed by atoms with Gasteiger partial charge < -0.3 is 9.47 Å². The molecule has 208 valence electrons. The van der Waals surface area contributed by atoms with Gasteiger partial charge in [0.25, 0.3) is 0 Å². The van der Waals surface area contributed by atoms with Gasteiger partial charge in [-0.25, -0.2) is 0 Å². The average Bonchev–Trinajstić information content (AvgIpc) is 3.42. The highest BCUT2D eigenvalue weighted by atomic mass is 15.1. The minimum atomic E-state index is 0.939. The summed E-state index contributed by atoms with van der Waals surface area (Å²) < 4.78 is 2.49. The van der Waals surface area contributed by atoms with Gasteiger partial charge in [0.1, 0.15) is 0 Å². The maximum Gasteiger partial charge on any atom is 0.0571 e. The topological polar surface area (TPSA) is 8.17 Å².